The SMILES string of the molecule is CCc1ccc(-c2ccc(C(N)CC)cc2)cc1CC. The third-order valence-corrected chi connectivity index (χ3v) is 4.08. The van der Waals surface area contributed by atoms with E-state index in [0.717, 1.165) is 19.3 Å². The maximum atomic E-state index is 6.07. The fourth-order valence-corrected chi connectivity index (χ4v) is 2.64. The van der Waals surface area contributed by atoms with Crippen LogP contribution < -0.4 is 5.73 Å². The van der Waals surface area contributed by atoms with Crippen LogP contribution in [-0.2, 0) is 12.8 Å². The average molecular weight is 267 g/mol. The second kappa shape index (κ2) is 6.71. The van der Waals surface area contributed by atoms with E-state index in [1.165, 1.54) is 27.8 Å². The van der Waals surface area contributed by atoms with Gasteiger partial charge in [-0.3, -0.25) is 0 Å². The Labute approximate surface area is 122 Å². The fraction of sp³-hybridized carbons (Fsp3) is 0.368. The number of hydrogen-bond donors (Lipinski definition) is 1. The molecule has 106 valence electrons. The van der Waals surface area contributed by atoms with Gasteiger partial charge in [0.15, 0.2) is 0 Å². The van der Waals surface area contributed by atoms with E-state index in [0.29, 0.717) is 0 Å². The summed E-state index contributed by atoms with van der Waals surface area (Å²) in [5.41, 5.74) is 12.8. The Hall–Kier alpha value is -1.60. The minimum absolute atomic E-state index is 0.151. The molecule has 0 heterocycles. The Morgan fingerprint density at radius 2 is 1.40 bits per heavy atom. The Morgan fingerprint density at radius 1 is 0.800 bits per heavy atom. The van der Waals surface area contributed by atoms with Crippen molar-refractivity contribution < 1.29 is 0 Å². The minimum Gasteiger partial charge on any atom is -0.324 e. The van der Waals surface area contributed by atoms with Crippen molar-refractivity contribution in [3.63, 3.8) is 0 Å². The molecule has 1 heteroatoms. The molecule has 1 unspecified atom stereocenters. The van der Waals surface area contributed by atoms with Crippen molar-refractivity contribution in [2.45, 2.75) is 46.1 Å². The van der Waals surface area contributed by atoms with Crippen LogP contribution in [0.2, 0.25) is 0 Å². The van der Waals surface area contributed by atoms with Crippen LogP contribution in [0.1, 0.15) is 49.9 Å². The molecule has 0 aliphatic carbocycles. The summed E-state index contributed by atoms with van der Waals surface area (Å²) in [6.07, 6.45) is 3.17. The fourth-order valence-electron chi connectivity index (χ4n) is 2.64. The topological polar surface area (TPSA) is 26.0 Å². The van der Waals surface area contributed by atoms with Crippen LogP contribution in [0.15, 0.2) is 42.5 Å². The summed E-state index contributed by atoms with van der Waals surface area (Å²) in [5, 5.41) is 0. The molecule has 2 aromatic carbocycles. The lowest BCUT2D eigenvalue weighted by molar-refractivity contribution is 0.699. The van der Waals surface area contributed by atoms with E-state index in [-0.39, 0.29) is 6.04 Å². The predicted molar refractivity (Wildman–Crippen MR) is 87.9 cm³/mol. The van der Waals surface area contributed by atoms with Gasteiger partial charge in [0.2, 0.25) is 0 Å². The first-order valence-electron chi connectivity index (χ1n) is 7.67. The summed E-state index contributed by atoms with van der Waals surface area (Å²) < 4.78 is 0. The minimum atomic E-state index is 0.151. The summed E-state index contributed by atoms with van der Waals surface area (Å²) in [5.74, 6) is 0. The molecule has 1 nitrogen and oxygen atoms in total. The highest BCUT2D eigenvalue weighted by Gasteiger charge is 2.05. The third kappa shape index (κ3) is 3.10. The predicted octanol–water partition coefficient (Wildman–Crippen LogP) is 4.89. The summed E-state index contributed by atoms with van der Waals surface area (Å²) >= 11 is 0. The van der Waals surface area contributed by atoms with Crippen molar-refractivity contribution in [3.05, 3.63) is 59.2 Å². The van der Waals surface area contributed by atoms with Crippen molar-refractivity contribution in [2.75, 3.05) is 0 Å². The zero-order valence-corrected chi connectivity index (χ0v) is 12.8. The van der Waals surface area contributed by atoms with Gasteiger partial charge in [-0.2, -0.15) is 0 Å². The zero-order valence-electron chi connectivity index (χ0n) is 12.8. The number of aryl methyl sites for hydroxylation is 2. The quantitative estimate of drug-likeness (QED) is 0.820. The molecular formula is C19H25N. The van der Waals surface area contributed by atoms with Crippen molar-refractivity contribution in [2.24, 2.45) is 5.73 Å². The highest BCUT2D eigenvalue weighted by atomic mass is 14.6. The Morgan fingerprint density at radius 3 is 1.95 bits per heavy atom. The molecular weight excluding hydrogens is 242 g/mol. The molecule has 0 spiro atoms. The van der Waals surface area contributed by atoms with Gasteiger partial charge in [0, 0.05) is 6.04 Å². The summed E-state index contributed by atoms with van der Waals surface area (Å²) in [7, 11) is 0. The number of hydrogen-bond acceptors (Lipinski definition) is 1. The van der Waals surface area contributed by atoms with Crippen LogP contribution in [0.3, 0.4) is 0 Å². The van der Waals surface area contributed by atoms with Crippen LogP contribution in [-0.4, -0.2) is 0 Å². The van der Waals surface area contributed by atoms with Gasteiger partial charge < -0.3 is 5.73 Å². The molecule has 0 amide bonds. The van der Waals surface area contributed by atoms with Crippen molar-refractivity contribution >= 4 is 0 Å². The highest BCUT2D eigenvalue weighted by Crippen LogP contribution is 2.25. The van der Waals surface area contributed by atoms with Gasteiger partial charge in [-0.1, -0.05) is 63.2 Å². The molecule has 0 aliphatic rings. The van der Waals surface area contributed by atoms with Crippen LogP contribution in [0, 0.1) is 0 Å². The monoisotopic (exact) mass is 267 g/mol. The molecule has 0 aromatic heterocycles. The van der Waals surface area contributed by atoms with E-state index < -0.39 is 0 Å². The lowest BCUT2D eigenvalue weighted by Crippen LogP contribution is -2.08. The zero-order chi connectivity index (χ0) is 14.5. The third-order valence-electron chi connectivity index (χ3n) is 4.08. The first-order valence-corrected chi connectivity index (χ1v) is 7.67. The van der Waals surface area contributed by atoms with Gasteiger partial charge >= 0.3 is 0 Å². The van der Waals surface area contributed by atoms with Gasteiger partial charge in [0.25, 0.3) is 0 Å². The summed E-state index contributed by atoms with van der Waals surface area (Å²) in [6, 6.07) is 15.7. The van der Waals surface area contributed by atoms with Gasteiger partial charge in [-0.05, 0) is 47.1 Å². The molecule has 0 bridgehead atoms. The molecule has 1 atom stereocenters. The largest absolute Gasteiger partial charge is 0.324 e. The van der Waals surface area contributed by atoms with Crippen molar-refractivity contribution in [1.29, 1.82) is 0 Å². The summed E-state index contributed by atoms with van der Waals surface area (Å²) in [6.45, 7) is 6.56. The van der Waals surface area contributed by atoms with E-state index in [1.807, 2.05) is 0 Å². The maximum Gasteiger partial charge on any atom is 0.0292 e. The first-order chi connectivity index (χ1) is 9.69. The van der Waals surface area contributed by atoms with E-state index in [9.17, 15) is 0 Å². The van der Waals surface area contributed by atoms with Gasteiger partial charge in [0.1, 0.15) is 0 Å². The number of rotatable bonds is 5. The van der Waals surface area contributed by atoms with Gasteiger partial charge in [-0.25, -0.2) is 0 Å². The second-order valence-corrected chi connectivity index (χ2v) is 5.33. The summed E-state index contributed by atoms with van der Waals surface area (Å²) in [4.78, 5) is 0. The van der Waals surface area contributed by atoms with Crippen LogP contribution >= 0.6 is 0 Å². The van der Waals surface area contributed by atoms with Gasteiger partial charge in [0.05, 0.1) is 0 Å². The van der Waals surface area contributed by atoms with Crippen LogP contribution in [0.5, 0.6) is 0 Å². The van der Waals surface area contributed by atoms with E-state index in [1.54, 1.807) is 0 Å². The highest BCUT2D eigenvalue weighted by molar-refractivity contribution is 5.65. The first kappa shape index (κ1) is 14.8. The molecule has 20 heavy (non-hydrogen) atoms. The lowest BCUT2D eigenvalue weighted by Gasteiger charge is -2.12. The Bertz CT molecular complexity index is 554. The molecule has 0 radical (unpaired) electrons. The number of nitrogens with two attached hydrogens (primary N) is 1. The lowest BCUT2D eigenvalue weighted by atomic mass is 9.95. The second-order valence-electron chi connectivity index (χ2n) is 5.33. The van der Waals surface area contributed by atoms with Crippen molar-refractivity contribution in [3.8, 4) is 11.1 Å². The van der Waals surface area contributed by atoms with E-state index in [2.05, 4.69) is 63.2 Å². The average Bonchev–Trinajstić information content (AvgIpc) is 2.53. The molecule has 0 saturated carbocycles. The standard InChI is InChI=1S/C19H25N/c1-4-14-7-12-18(13-15(14)5-2)16-8-10-17(11-9-16)19(20)6-3/h7-13,19H,4-6,20H2,1-3H3. The van der Waals surface area contributed by atoms with Gasteiger partial charge in [-0.15, -0.1) is 0 Å². The van der Waals surface area contributed by atoms with Crippen LogP contribution in [0.4, 0.5) is 0 Å². The molecule has 0 aliphatic heterocycles. The molecule has 0 saturated heterocycles. The van der Waals surface area contributed by atoms with E-state index >= 15 is 0 Å². The smallest absolute Gasteiger partial charge is 0.0292 e. The molecule has 2 rings (SSSR count). The molecule has 2 aromatic rings. The molecule has 0 fully saturated rings. The number of benzene rings is 2. The van der Waals surface area contributed by atoms with Crippen LogP contribution in [0.25, 0.3) is 11.1 Å². The van der Waals surface area contributed by atoms with E-state index in [4.69, 9.17) is 5.73 Å². The molecule has 2 N–H and O–H groups in total. The van der Waals surface area contributed by atoms with Crippen molar-refractivity contribution in [1.82, 2.24) is 0 Å². The maximum absolute atomic E-state index is 6.07. The Balaban J connectivity index is 2.32. The Kier molecular flexibility index (Phi) is 4.97. The normalized spacial score (nSPS) is 12.4.